The Kier molecular flexibility index (Phi) is 8.78. The molecule has 0 fully saturated rings. The third kappa shape index (κ3) is 6.89. The number of phenolic OH excluding ortho intramolecular Hbond substituents is 1. The fourth-order valence-corrected chi connectivity index (χ4v) is 1.98. The molecular formula is C21H26O5. The number of hydrogen-bond acceptors (Lipinski definition) is 5. The minimum atomic E-state index is -0.468. The summed E-state index contributed by atoms with van der Waals surface area (Å²) >= 11 is 0. The van der Waals surface area contributed by atoms with Crippen molar-refractivity contribution in [1.29, 1.82) is 0 Å². The number of aromatic hydroxyl groups is 1. The van der Waals surface area contributed by atoms with Gasteiger partial charge in [0.25, 0.3) is 0 Å². The predicted molar refractivity (Wildman–Crippen MR) is 103 cm³/mol. The number of phenols is 1. The Bertz CT molecular complexity index is 735. The van der Waals surface area contributed by atoms with Crippen LogP contribution in [-0.2, 0) is 14.3 Å². The van der Waals surface area contributed by atoms with Crippen molar-refractivity contribution in [2.75, 3.05) is 20.8 Å². The highest BCUT2D eigenvalue weighted by molar-refractivity contribution is 5.93. The van der Waals surface area contributed by atoms with Crippen LogP contribution >= 0.6 is 0 Å². The van der Waals surface area contributed by atoms with Crippen molar-refractivity contribution in [3.8, 4) is 11.5 Å². The highest BCUT2D eigenvalue weighted by Gasteiger charge is 2.11. The molecule has 5 nitrogen and oxygen atoms in total. The molecule has 0 amide bonds. The molecule has 1 aromatic rings. The highest BCUT2D eigenvalue weighted by Crippen LogP contribution is 2.27. The van der Waals surface area contributed by atoms with Crippen molar-refractivity contribution in [2.24, 2.45) is 0 Å². The maximum Gasteiger partial charge on any atom is 0.341 e. The lowest BCUT2D eigenvalue weighted by Crippen LogP contribution is -2.06. The Labute approximate surface area is 154 Å². The lowest BCUT2D eigenvalue weighted by atomic mass is 10.1. The molecule has 0 saturated carbocycles. The fraction of sp³-hybridized carbons (Fsp3) is 0.286. The van der Waals surface area contributed by atoms with Crippen LogP contribution in [0.1, 0.15) is 26.3 Å². The average Bonchev–Trinajstić information content (AvgIpc) is 2.60. The van der Waals surface area contributed by atoms with Gasteiger partial charge in [0.2, 0.25) is 0 Å². The third-order valence-corrected chi connectivity index (χ3v) is 3.41. The molecule has 1 rings (SSSR count). The van der Waals surface area contributed by atoms with Gasteiger partial charge in [0.05, 0.1) is 26.1 Å². The van der Waals surface area contributed by atoms with Gasteiger partial charge in [-0.1, -0.05) is 29.9 Å². The largest absolute Gasteiger partial charge is 0.504 e. The van der Waals surface area contributed by atoms with Crippen molar-refractivity contribution in [1.82, 2.24) is 0 Å². The first-order chi connectivity index (χ1) is 12.4. The summed E-state index contributed by atoms with van der Waals surface area (Å²) < 4.78 is 15.1. The number of carbonyl (C=O) groups is 1. The van der Waals surface area contributed by atoms with Gasteiger partial charge in [-0.25, -0.2) is 4.79 Å². The van der Waals surface area contributed by atoms with Gasteiger partial charge in [0.1, 0.15) is 6.61 Å². The first-order valence-corrected chi connectivity index (χ1v) is 8.14. The molecule has 0 radical (unpaired) electrons. The Morgan fingerprint density at radius 3 is 2.50 bits per heavy atom. The molecule has 0 aliphatic rings. The molecule has 26 heavy (non-hydrogen) atoms. The summed E-state index contributed by atoms with van der Waals surface area (Å²) in [4.78, 5) is 11.7. The molecule has 0 atom stereocenters. The Morgan fingerprint density at radius 1 is 1.19 bits per heavy atom. The summed E-state index contributed by atoms with van der Waals surface area (Å²) in [6, 6.07) is 5.17. The van der Waals surface area contributed by atoms with Crippen molar-refractivity contribution in [2.45, 2.75) is 20.8 Å². The summed E-state index contributed by atoms with van der Waals surface area (Å²) in [6.07, 6.45) is 8.63. The second-order valence-corrected chi connectivity index (χ2v) is 5.79. The van der Waals surface area contributed by atoms with Crippen LogP contribution < -0.4 is 4.74 Å². The minimum absolute atomic E-state index is 0.0736. The van der Waals surface area contributed by atoms with E-state index in [9.17, 15) is 9.90 Å². The maximum atomic E-state index is 11.7. The van der Waals surface area contributed by atoms with Crippen molar-refractivity contribution in [3.05, 3.63) is 65.0 Å². The monoisotopic (exact) mass is 358 g/mol. The zero-order valence-electron chi connectivity index (χ0n) is 15.9. The van der Waals surface area contributed by atoms with Gasteiger partial charge in [-0.3, -0.25) is 0 Å². The van der Waals surface area contributed by atoms with E-state index in [0.29, 0.717) is 23.5 Å². The molecule has 140 valence electrons. The van der Waals surface area contributed by atoms with Crippen molar-refractivity contribution >= 4 is 12.0 Å². The lowest BCUT2D eigenvalue weighted by Gasteiger charge is -2.07. The van der Waals surface area contributed by atoms with Crippen molar-refractivity contribution < 1.29 is 24.1 Å². The van der Waals surface area contributed by atoms with Crippen LogP contribution in [-0.4, -0.2) is 31.9 Å². The van der Waals surface area contributed by atoms with Crippen LogP contribution in [0.4, 0.5) is 0 Å². The number of benzene rings is 1. The van der Waals surface area contributed by atoms with Crippen LogP contribution in [0.2, 0.25) is 0 Å². The van der Waals surface area contributed by atoms with Gasteiger partial charge in [0.15, 0.2) is 11.5 Å². The molecule has 0 saturated heterocycles. The molecule has 1 N–H and O–H groups in total. The van der Waals surface area contributed by atoms with Crippen LogP contribution in [0, 0.1) is 0 Å². The molecule has 0 spiro atoms. The molecule has 0 heterocycles. The Hall–Kier alpha value is -2.95. The molecule has 5 heteroatoms. The van der Waals surface area contributed by atoms with E-state index in [1.807, 2.05) is 32.1 Å². The topological polar surface area (TPSA) is 65.0 Å². The predicted octanol–water partition coefficient (Wildman–Crippen LogP) is 4.40. The average molecular weight is 358 g/mol. The summed E-state index contributed by atoms with van der Waals surface area (Å²) in [7, 11) is 2.79. The van der Waals surface area contributed by atoms with Crippen molar-refractivity contribution in [3.63, 3.8) is 0 Å². The van der Waals surface area contributed by atoms with E-state index in [4.69, 9.17) is 14.2 Å². The first-order valence-electron chi connectivity index (χ1n) is 8.14. The van der Waals surface area contributed by atoms with Gasteiger partial charge < -0.3 is 19.3 Å². The van der Waals surface area contributed by atoms with Crippen LogP contribution in [0.3, 0.4) is 0 Å². The summed E-state index contributed by atoms with van der Waals surface area (Å²) in [6.45, 7) is 6.17. The zero-order chi connectivity index (χ0) is 19.5. The Morgan fingerprint density at radius 2 is 1.92 bits per heavy atom. The lowest BCUT2D eigenvalue weighted by molar-refractivity contribution is -0.135. The fourth-order valence-electron chi connectivity index (χ4n) is 1.98. The smallest absolute Gasteiger partial charge is 0.341 e. The SMILES string of the molecule is CO\C=C(C(=O)OC)/C(C)=C\C=C\c1ccc(OCC=C(C)C)c(O)c1. The molecule has 0 aliphatic heterocycles. The molecule has 0 aliphatic carbocycles. The van der Waals surface area contributed by atoms with E-state index in [-0.39, 0.29) is 5.75 Å². The number of ether oxygens (including phenoxy) is 3. The number of rotatable bonds is 8. The van der Waals surface area contributed by atoms with E-state index in [1.54, 1.807) is 31.2 Å². The van der Waals surface area contributed by atoms with E-state index in [1.165, 1.54) is 20.5 Å². The summed E-state index contributed by atoms with van der Waals surface area (Å²) in [5.74, 6) is 0.0384. The second kappa shape index (κ2) is 10.8. The first kappa shape index (κ1) is 21.1. The standard InChI is InChI=1S/C21H26O5/c1-15(2)11-12-26-20-10-9-17(13-19(20)22)8-6-7-16(3)18(14-24-4)21(23)25-5/h6-11,13-14,22H,12H2,1-5H3/b8-6+,16-7-,18-14+. The van der Waals surface area contributed by atoms with Gasteiger partial charge in [-0.05, 0) is 50.1 Å². The van der Waals surface area contributed by atoms with Crippen LogP contribution in [0.15, 0.2) is 59.4 Å². The number of esters is 1. The van der Waals surface area contributed by atoms with Gasteiger partial charge >= 0.3 is 5.97 Å². The maximum absolute atomic E-state index is 11.7. The quantitative estimate of drug-likeness (QED) is 0.245. The number of carbonyl (C=O) groups excluding carboxylic acids is 1. The normalized spacial score (nSPS) is 12.0. The van der Waals surface area contributed by atoms with E-state index < -0.39 is 5.97 Å². The van der Waals surface area contributed by atoms with Gasteiger partial charge in [-0.15, -0.1) is 0 Å². The Balaban J connectivity index is 2.85. The molecule has 1 aromatic carbocycles. The van der Waals surface area contributed by atoms with E-state index >= 15 is 0 Å². The van der Waals surface area contributed by atoms with E-state index in [2.05, 4.69) is 0 Å². The molecule has 0 bridgehead atoms. The zero-order valence-corrected chi connectivity index (χ0v) is 15.9. The molecular weight excluding hydrogens is 332 g/mol. The third-order valence-electron chi connectivity index (χ3n) is 3.41. The minimum Gasteiger partial charge on any atom is -0.504 e. The number of hydrogen-bond donors (Lipinski definition) is 1. The number of methoxy groups -OCH3 is 2. The van der Waals surface area contributed by atoms with Gasteiger partial charge in [-0.2, -0.15) is 0 Å². The molecule has 0 aromatic heterocycles. The van der Waals surface area contributed by atoms with Crippen LogP contribution in [0.25, 0.3) is 6.08 Å². The van der Waals surface area contributed by atoms with Gasteiger partial charge in [0, 0.05) is 0 Å². The summed E-state index contributed by atoms with van der Waals surface area (Å²) in [5.41, 5.74) is 2.99. The second-order valence-electron chi connectivity index (χ2n) is 5.79. The highest BCUT2D eigenvalue weighted by atomic mass is 16.5. The molecule has 0 unspecified atom stereocenters. The number of allylic oxidation sites excluding steroid dienone is 3. The summed E-state index contributed by atoms with van der Waals surface area (Å²) in [5, 5.41) is 10.0. The van der Waals surface area contributed by atoms with E-state index in [0.717, 1.165) is 11.1 Å². The van der Waals surface area contributed by atoms with Crippen LogP contribution in [0.5, 0.6) is 11.5 Å².